The second kappa shape index (κ2) is 11.4. The summed E-state index contributed by atoms with van der Waals surface area (Å²) in [5, 5.41) is 18.3. The number of esters is 1. The summed E-state index contributed by atoms with van der Waals surface area (Å²) in [7, 11) is 0. The van der Waals surface area contributed by atoms with Gasteiger partial charge in [-0.15, -0.1) is 5.73 Å². The molecule has 114 valence electrons. The predicted octanol–water partition coefficient (Wildman–Crippen LogP) is 3.42. The van der Waals surface area contributed by atoms with Crippen molar-refractivity contribution in [2.75, 3.05) is 6.61 Å². The molecule has 0 atom stereocenters. The molecule has 6 heteroatoms. The van der Waals surface area contributed by atoms with Gasteiger partial charge in [0.25, 0.3) is 0 Å². The van der Waals surface area contributed by atoms with Crippen molar-refractivity contribution in [3.05, 3.63) is 34.8 Å². The van der Waals surface area contributed by atoms with Crippen molar-refractivity contribution in [1.82, 2.24) is 0 Å². The van der Waals surface area contributed by atoms with Crippen LogP contribution in [0.4, 0.5) is 0 Å². The Balaban J connectivity index is 4.23. The van der Waals surface area contributed by atoms with E-state index in [0.29, 0.717) is 6.42 Å². The molecule has 0 saturated carbocycles. The summed E-state index contributed by atoms with van der Waals surface area (Å²) >= 11 is 0. The fourth-order valence-electron chi connectivity index (χ4n) is 1.59. The van der Waals surface area contributed by atoms with E-state index in [4.69, 9.17) is 5.39 Å². The van der Waals surface area contributed by atoms with Crippen LogP contribution in [0.1, 0.15) is 45.4 Å². The number of unbranched alkanes of at least 4 members (excludes halogenated alkanes) is 2. The molecule has 0 rings (SSSR count). The lowest BCUT2D eigenvalue weighted by molar-refractivity contribution is -0.138. The number of allylic oxidation sites excluding steroid dienone is 2. The highest BCUT2D eigenvalue weighted by atomic mass is 16.5. The number of nitrogens with zero attached hydrogens (tertiary/aromatic N) is 2. The zero-order chi connectivity index (χ0) is 16.1. The summed E-state index contributed by atoms with van der Waals surface area (Å²) in [6, 6.07) is 0. The van der Waals surface area contributed by atoms with Crippen LogP contribution in [-0.4, -0.2) is 23.5 Å². The van der Waals surface area contributed by atoms with Crippen LogP contribution < -0.4 is 0 Å². The molecule has 1 N–H and O–H groups in total. The fourth-order valence-corrected chi connectivity index (χ4v) is 1.59. The van der Waals surface area contributed by atoms with E-state index in [9.17, 15) is 14.7 Å². The SMILES string of the molecule is C=C=CCCCCC(=O)CC/C(O)=C(\[N+]#N)C(=O)OCC. The molecule has 0 aliphatic rings. The number of ether oxygens (including phenoxy) is 1. The quantitative estimate of drug-likeness (QED) is 0.166. The van der Waals surface area contributed by atoms with E-state index in [1.807, 2.05) is 6.08 Å². The second-order valence-corrected chi connectivity index (χ2v) is 4.31. The van der Waals surface area contributed by atoms with Gasteiger partial charge < -0.3 is 9.84 Å². The Morgan fingerprint density at radius 2 is 2.05 bits per heavy atom. The molecule has 0 aliphatic carbocycles. The van der Waals surface area contributed by atoms with E-state index in [0.717, 1.165) is 19.3 Å². The van der Waals surface area contributed by atoms with Gasteiger partial charge in [-0.3, -0.25) is 4.79 Å². The van der Waals surface area contributed by atoms with E-state index >= 15 is 0 Å². The van der Waals surface area contributed by atoms with Gasteiger partial charge in [-0.1, -0.05) is 6.58 Å². The van der Waals surface area contributed by atoms with E-state index in [2.05, 4.69) is 22.0 Å². The number of carbonyl (C=O) groups excluding carboxylic acids is 2. The van der Waals surface area contributed by atoms with Crippen molar-refractivity contribution in [3.8, 4) is 0 Å². The summed E-state index contributed by atoms with van der Waals surface area (Å²) in [6.07, 6.45) is 4.70. The topological polar surface area (TPSA) is 91.7 Å². The molecule has 6 nitrogen and oxygen atoms in total. The summed E-state index contributed by atoms with van der Waals surface area (Å²) < 4.78 is 4.62. The maximum absolute atomic E-state index is 11.6. The third-order valence-corrected chi connectivity index (χ3v) is 2.68. The average molecular weight is 293 g/mol. The summed E-state index contributed by atoms with van der Waals surface area (Å²) in [5.74, 6) is -1.38. The van der Waals surface area contributed by atoms with Crippen molar-refractivity contribution < 1.29 is 19.4 Å². The maximum atomic E-state index is 11.6. The normalized spacial score (nSPS) is 10.9. The van der Waals surface area contributed by atoms with E-state index in [1.54, 1.807) is 6.92 Å². The van der Waals surface area contributed by atoms with Crippen LogP contribution in [0.2, 0.25) is 0 Å². The third kappa shape index (κ3) is 8.40. The monoisotopic (exact) mass is 293 g/mol. The lowest BCUT2D eigenvalue weighted by Crippen LogP contribution is -2.08. The summed E-state index contributed by atoms with van der Waals surface area (Å²) in [4.78, 5) is 25.7. The van der Waals surface area contributed by atoms with E-state index in [1.165, 1.54) is 0 Å². The van der Waals surface area contributed by atoms with Crippen molar-refractivity contribution >= 4 is 11.8 Å². The molecule has 0 saturated heterocycles. The minimum absolute atomic E-state index is 0.0229. The van der Waals surface area contributed by atoms with Gasteiger partial charge in [-0.25, -0.2) is 4.79 Å². The van der Waals surface area contributed by atoms with Gasteiger partial charge in [-0.05, 0) is 32.3 Å². The predicted molar refractivity (Wildman–Crippen MR) is 77.8 cm³/mol. The molecule has 0 aromatic carbocycles. The third-order valence-electron chi connectivity index (χ3n) is 2.68. The van der Waals surface area contributed by atoms with Crippen LogP contribution in [-0.2, 0) is 14.3 Å². The molecule has 0 aromatic heterocycles. The van der Waals surface area contributed by atoms with E-state index in [-0.39, 0.29) is 25.2 Å². The molecular weight excluding hydrogens is 272 g/mol. The summed E-state index contributed by atoms with van der Waals surface area (Å²) in [5.41, 5.74) is 2.10. The molecular formula is C15H21N2O4+. The number of rotatable bonds is 10. The fraction of sp³-hybridized carbons (Fsp3) is 0.533. The highest BCUT2D eigenvalue weighted by molar-refractivity contribution is 5.90. The number of aliphatic hydroxyl groups excluding tert-OH is 1. The first-order chi connectivity index (χ1) is 10.1. The second-order valence-electron chi connectivity index (χ2n) is 4.31. The van der Waals surface area contributed by atoms with Crippen LogP contribution in [0.15, 0.2) is 29.8 Å². The first-order valence-corrected chi connectivity index (χ1v) is 6.87. The number of ketones is 1. The Hall–Kier alpha value is -2.38. The van der Waals surface area contributed by atoms with Crippen LogP contribution in [0, 0.1) is 5.39 Å². The van der Waals surface area contributed by atoms with Gasteiger partial charge in [0.2, 0.25) is 5.39 Å². The minimum Gasteiger partial charge on any atom is -0.505 e. The van der Waals surface area contributed by atoms with Crippen molar-refractivity contribution in [3.63, 3.8) is 0 Å². The highest BCUT2D eigenvalue weighted by Crippen LogP contribution is 2.13. The minimum atomic E-state index is -0.916. The standard InChI is InChI=1S/C15H20N2O4/c1-3-5-6-7-8-9-12(18)10-11-13(19)14(17-16)15(20)21-4-2/h5H,1,4,6-11H2,2H3/p+1. The molecule has 0 heterocycles. The van der Waals surface area contributed by atoms with Crippen LogP contribution in [0.3, 0.4) is 0 Å². The Labute approximate surface area is 124 Å². The van der Waals surface area contributed by atoms with Crippen LogP contribution in [0.5, 0.6) is 0 Å². The molecule has 0 amide bonds. The first-order valence-electron chi connectivity index (χ1n) is 6.87. The summed E-state index contributed by atoms with van der Waals surface area (Å²) in [6.45, 7) is 5.14. The largest absolute Gasteiger partial charge is 0.505 e. The Bertz CT molecular complexity index is 482. The smallest absolute Gasteiger partial charge is 0.505 e. The Morgan fingerprint density at radius 1 is 1.33 bits per heavy atom. The number of Topliss-reactive ketones (excluding diaryl/α,β-unsaturated/α-hetero) is 1. The van der Waals surface area contributed by atoms with Crippen LogP contribution in [0.25, 0.3) is 4.98 Å². The first kappa shape index (κ1) is 18.6. The van der Waals surface area contributed by atoms with Gasteiger partial charge in [0.05, 0.1) is 6.61 Å². The maximum Gasteiger partial charge on any atom is 0.505 e. The molecule has 21 heavy (non-hydrogen) atoms. The Morgan fingerprint density at radius 3 is 2.62 bits per heavy atom. The molecule has 0 bridgehead atoms. The number of diazo groups is 1. The zero-order valence-electron chi connectivity index (χ0n) is 12.3. The van der Waals surface area contributed by atoms with Crippen molar-refractivity contribution in [2.45, 2.75) is 45.4 Å². The van der Waals surface area contributed by atoms with Gasteiger partial charge in [-0.2, -0.15) is 0 Å². The zero-order valence-corrected chi connectivity index (χ0v) is 12.3. The number of carbonyl (C=O) groups is 2. The molecule has 0 aromatic rings. The average Bonchev–Trinajstić information content (AvgIpc) is 2.46. The highest BCUT2D eigenvalue weighted by Gasteiger charge is 2.30. The lowest BCUT2D eigenvalue weighted by atomic mass is 10.1. The molecule has 0 fully saturated rings. The van der Waals surface area contributed by atoms with Gasteiger partial charge in [0.15, 0.2) is 10.7 Å². The van der Waals surface area contributed by atoms with Gasteiger partial charge >= 0.3 is 11.7 Å². The lowest BCUT2D eigenvalue weighted by Gasteiger charge is -2.00. The molecule has 0 aliphatic heterocycles. The van der Waals surface area contributed by atoms with E-state index < -0.39 is 17.4 Å². The van der Waals surface area contributed by atoms with Crippen molar-refractivity contribution in [1.29, 1.82) is 5.39 Å². The van der Waals surface area contributed by atoms with Gasteiger partial charge in [0, 0.05) is 19.3 Å². The molecule has 0 unspecified atom stereocenters. The number of hydrogen-bond donors (Lipinski definition) is 1. The van der Waals surface area contributed by atoms with Crippen LogP contribution >= 0.6 is 0 Å². The van der Waals surface area contributed by atoms with Gasteiger partial charge in [0.1, 0.15) is 5.78 Å². The number of aliphatic hydroxyl groups is 1. The van der Waals surface area contributed by atoms with Crippen molar-refractivity contribution in [2.24, 2.45) is 0 Å². The molecule has 0 spiro atoms. The number of hydrogen-bond acceptors (Lipinski definition) is 5. The molecule has 0 radical (unpaired) electrons. The Kier molecular flexibility index (Phi) is 10.1.